The van der Waals surface area contributed by atoms with Crippen molar-refractivity contribution >= 4 is 11.0 Å². The minimum atomic E-state index is 0.426. The Morgan fingerprint density at radius 1 is 1.05 bits per heavy atom. The van der Waals surface area contributed by atoms with E-state index < -0.39 is 0 Å². The predicted octanol–water partition coefficient (Wildman–Crippen LogP) is 3.19. The molecule has 0 saturated heterocycles. The van der Waals surface area contributed by atoms with Crippen molar-refractivity contribution in [2.75, 3.05) is 0 Å². The molecular weight excluding hydrogens is 270 g/mol. The second-order valence-electron chi connectivity index (χ2n) is 5.84. The van der Waals surface area contributed by atoms with Gasteiger partial charge in [-0.2, -0.15) is 0 Å². The Hall–Kier alpha value is -2.35. The van der Waals surface area contributed by atoms with Gasteiger partial charge in [0.15, 0.2) is 0 Å². The van der Waals surface area contributed by atoms with Gasteiger partial charge in [-0.05, 0) is 26.0 Å². The first-order valence-electron chi connectivity index (χ1n) is 7.87. The summed E-state index contributed by atoms with van der Waals surface area (Å²) in [5.74, 6) is 0.891. The van der Waals surface area contributed by atoms with Gasteiger partial charge in [-0.25, -0.2) is 4.99 Å². The largest absolute Gasteiger partial charge is 0.456 e. The molecule has 0 aliphatic rings. The van der Waals surface area contributed by atoms with Crippen molar-refractivity contribution in [3.8, 4) is 11.3 Å². The molecule has 0 fully saturated rings. The Labute approximate surface area is 131 Å². The second kappa shape index (κ2) is 6.18. The van der Waals surface area contributed by atoms with Gasteiger partial charge in [-0.1, -0.05) is 48.9 Å². The monoisotopic (exact) mass is 292 g/mol. The standard InChI is InChI=1S/C20H21NO/c1-4-15(3)21-18-13-20(16-8-6-5-7-9-16)22-19-11-10-14(2)12-17(18)19/h5-13,15H,4H2,1-3H3/p+1. The van der Waals surface area contributed by atoms with E-state index in [4.69, 9.17) is 4.42 Å². The van der Waals surface area contributed by atoms with Crippen molar-refractivity contribution < 1.29 is 9.41 Å². The highest BCUT2D eigenvalue weighted by Gasteiger charge is 2.10. The third-order valence-corrected chi connectivity index (χ3v) is 3.99. The Balaban J connectivity index is 2.30. The molecule has 3 rings (SSSR count). The first kappa shape index (κ1) is 14.6. The molecule has 1 atom stereocenters. The van der Waals surface area contributed by atoms with Crippen LogP contribution in [0.2, 0.25) is 0 Å². The average molecular weight is 292 g/mol. The molecule has 1 aromatic heterocycles. The Morgan fingerprint density at radius 3 is 2.55 bits per heavy atom. The van der Waals surface area contributed by atoms with Gasteiger partial charge in [0.1, 0.15) is 17.4 Å². The topological polar surface area (TPSA) is 27.1 Å². The van der Waals surface area contributed by atoms with Crippen molar-refractivity contribution in [1.29, 1.82) is 0 Å². The molecule has 0 saturated carbocycles. The van der Waals surface area contributed by atoms with Gasteiger partial charge in [0, 0.05) is 12.0 Å². The molecule has 0 aliphatic carbocycles. The van der Waals surface area contributed by atoms with Gasteiger partial charge in [0.05, 0.1) is 11.5 Å². The minimum absolute atomic E-state index is 0.426. The van der Waals surface area contributed by atoms with Crippen molar-refractivity contribution in [2.24, 2.45) is 0 Å². The Kier molecular flexibility index (Phi) is 4.10. The molecule has 3 aromatic rings. The lowest BCUT2D eigenvalue weighted by atomic mass is 10.1. The summed E-state index contributed by atoms with van der Waals surface area (Å²) in [5.41, 5.74) is 3.25. The van der Waals surface area contributed by atoms with Gasteiger partial charge < -0.3 is 4.42 Å². The van der Waals surface area contributed by atoms with Gasteiger partial charge in [-0.3, -0.25) is 0 Å². The van der Waals surface area contributed by atoms with Crippen LogP contribution in [-0.4, -0.2) is 6.04 Å². The molecule has 0 radical (unpaired) electrons. The molecule has 1 N–H and O–H groups in total. The smallest absolute Gasteiger partial charge is 0.213 e. The normalized spacial score (nSPS) is 13.5. The van der Waals surface area contributed by atoms with Crippen LogP contribution in [0.4, 0.5) is 0 Å². The first-order valence-corrected chi connectivity index (χ1v) is 7.87. The highest BCUT2D eigenvalue weighted by Crippen LogP contribution is 2.21. The number of nitrogens with one attached hydrogen (secondary N) is 1. The van der Waals surface area contributed by atoms with Crippen LogP contribution in [0.3, 0.4) is 0 Å². The third-order valence-electron chi connectivity index (χ3n) is 3.99. The summed E-state index contributed by atoms with van der Waals surface area (Å²) in [5, 5.41) is 2.28. The molecule has 22 heavy (non-hydrogen) atoms. The second-order valence-corrected chi connectivity index (χ2v) is 5.84. The maximum atomic E-state index is 6.12. The molecule has 1 unspecified atom stereocenters. The maximum absolute atomic E-state index is 6.12. The van der Waals surface area contributed by atoms with E-state index in [1.165, 1.54) is 5.56 Å². The number of rotatable bonds is 3. The molecule has 2 aromatic carbocycles. The summed E-state index contributed by atoms with van der Waals surface area (Å²) < 4.78 is 6.12. The van der Waals surface area contributed by atoms with E-state index in [1.807, 2.05) is 18.2 Å². The van der Waals surface area contributed by atoms with Gasteiger partial charge in [0.25, 0.3) is 0 Å². The highest BCUT2D eigenvalue weighted by molar-refractivity contribution is 5.78. The summed E-state index contributed by atoms with van der Waals surface area (Å²) in [7, 11) is 0. The molecule has 0 aliphatic heterocycles. The van der Waals surface area contributed by atoms with E-state index >= 15 is 0 Å². The first-order chi connectivity index (χ1) is 10.7. The number of aryl methyl sites for hydroxylation is 1. The lowest BCUT2D eigenvalue weighted by Gasteiger charge is -2.04. The zero-order chi connectivity index (χ0) is 15.5. The van der Waals surface area contributed by atoms with Crippen LogP contribution in [0.5, 0.6) is 0 Å². The van der Waals surface area contributed by atoms with Crippen molar-refractivity contribution in [3.05, 3.63) is 65.5 Å². The summed E-state index contributed by atoms with van der Waals surface area (Å²) in [6.07, 6.45) is 1.08. The van der Waals surface area contributed by atoms with E-state index in [1.54, 1.807) is 0 Å². The highest BCUT2D eigenvalue weighted by atomic mass is 16.3. The number of benzene rings is 2. The quantitative estimate of drug-likeness (QED) is 0.788. The average Bonchev–Trinajstić information content (AvgIpc) is 2.55. The summed E-state index contributed by atoms with van der Waals surface area (Å²) >= 11 is 0. The van der Waals surface area contributed by atoms with Crippen LogP contribution in [0, 0.1) is 6.92 Å². The fourth-order valence-electron chi connectivity index (χ4n) is 2.53. The van der Waals surface area contributed by atoms with E-state index in [9.17, 15) is 0 Å². The summed E-state index contributed by atoms with van der Waals surface area (Å²) in [6.45, 7) is 6.50. The fraction of sp³-hybridized carbons (Fsp3) is 0.250. The lowest BCUT2D eigenvalue weighted by Crippen LogP contribution is -2.81. The predicted molar refractivity (Wildman–Crippen MR) is 90.2 cm³/mol. The van der Waals surface area contributed by atoms with E-state index in [0.717, 1.165) is 34.1 Å². The van der Waals surface area contributed by atoms with Crippen LogP contribution in [-0.2, 0) is 0 Å². The van der Waals surface area contributed by atoms with Crippen LogP contribution < -0.4 is 10.3 Å². The zero-order valence-electron chi connectivity index (χ0n) is 13.4. The van der Waals surface area contributed by atoms with Crippen LogP contribution >= 0.6 is 0 Å². The molecule has 0 bridgehead atoms. The van der Waals surface area contributed by atoms with Crippen molar-refractivity contribution in [3.63, 3.8) is 0 Å². The molecule has 112 valence electrons. The molecule has 1 heterocycles. The molecule has 0 amide bonds. The minimum Gasteiger partial charge on any atom is -0.456 e. The molecule has 0 spiro atoms. The molecule has 2 heteroatoms. The number of fused-ring (bicyclic) bond motifs is 1. The third kappa shape index (κ3) is 2.96. The van der Waals surface area contributed by atoms with E-state index in [-0.39, 0.29) is 0 Å². The molecular formula is C20H22NO+. The molecule has 2 nitrogen and oxygen atoms in total. The SMILES string of the molecule is CCC(C)[NH+]=c1cc(-c2ccccc2)oc2ccc(C)cc12. The van der Waals surface area contributed by atoms with Gasteiger partial charge in [-0.15, -0.1) is 0 Å². The van der Waals surface area contributed by atoms with Gasteiger partial charge in [0.2, 0.25) is 5.36 Å². The Morgan fingerprint density at radius 2 is 1.82 bits per heavy atom. The summed E-state index contributed by atoms with van der Waals surface area (Å²) in [4.78, 5) is 3.61. The van der Waals surface area contributed by atoms with E-state index in [2.05, 4.69) is 62.2 Å². The van der Waals surface area contributed by atoms with Crippen LogP contribution in [0.25, 0.3) is 22.3 Å². The van der Waals surface area contributed by atoms with Crippen LogP contribution in [0.1, 0.15) is 25.8 Å². The number of hydrogen-bond acceptors (Lipinski definition) is 1. The van der Waals surface area contributed by atoms with Crippen LogP contribution in [0.15, 0.2) is 59.0 Å². The zero-order valence-corrected chi connectivity index (χ0v) is 13.4. The lowest BCUT2D eigenvalue weighted by molar-refractivity contribution is -0.538. The number of hydrogen-bond donors (Lipinski definition) is 1. The maximum Gasteiger partial charge on any atom is 0.213 e. The van der Waals surface area contributed by atoms with Gasteiger partial charge >= 0.3 is 0 Å². The Bertz CT molecular complexity index is 846. The van der Waals surface area contributed by atoms with E-state index in [0.29, 0.717) is 6.04 Å². The van der Waals surface area contributed by atoms with Crippen molar-refractivity contribution in [2.45, 2.75) is 33.2 Å². The van der Waals surface area contributed by atoms with Crippen molar-refractivity contribution in [1.82, 2.24) is 0 Å². The fourth-order valence-corrected chi connectivity index (χ4v) is 2.53. The summed E-state index contributed by atoms with van der Waals surface area (Å²) in [6, 6.07) is 19.1.